The van der Waals surface area contributed by atoms with Gasteiger partial charge >= 0.3 is 0 Å². The highest BCUT2D eigenvalue weighted by molar-refractivity contribution is 9.09. The maximum atomic E-state index is 4.26. The lowest BCUT2D eigenvalue weighted by molar-refractivity contribution is 0.569. The molecule has 0 saturated heterocycles. The van der Waals surface area contributed by atoms with Gasteiger partial charge in [0.1, 0.15) is 5.82 Å². The SMILES string of the molecule is CC(Br)c1cn(CCc2nccn2C)nn1. The van der Waals surface area contributed by atoms with E-state index in [1.54, 1.807) is 0 Å². The number of aryl methyl sites for hydroxylation is 3. The van der Waals surface area contributed by atoms with Gasteiger partial charge in [0, 0.05) is 38.6 Å². The van der Waals surface area contributed by atoms with E-state index in [9.17, 15) is 0 Å². The summed E-state index contributed by atoms with van der Waals surface area (Å²) in [7, 11) is 2.00. The molecule has 2 aromatic heterocycles. The zero-order valence-corrected chi connectivity index (χ0v) is 10.9. The Morgan fingerprint density at radius 3 is 2.88 bits per heavy atom. The molecule has 2 aromatic rings. The molecular formula is C10H14BrN5. The summed E-state index contributed by atoms with van der Waals surface area (Å²) >= 11 is 3.46. The zero-order valence-electron chi connectivity index (χ0n) is 9.34. The number of hydrogen-bond acceptors (Lipinski definition) is 3. The predicted octanol–water partition coefficient (Wildman–Crippen LogP) is 1.71. The summed E-state index contributed by atoms with van der Waals surface area (Å²) in [5.74, 6) is 1.06. The number of hydrogen-bond donors (Lipinski definition) is 0. The summed E-state index contributed by atoms with van der Waals surface area (Å²) < 4.78 is 3.87. The molecule has 0 aliphatic carbocycles. The first kappa shape index (κ1) is 11.3. The normalized spacial score (nSPS) is 12.9. The second kappa shape index (κ2) is 4.78. The van der Waals surface area contributed by atoms with Crippen LogP contribution in [0.2, 0.25) is 0 Å². The van der Waals surface area contributed by atoms with E-state index in [1.807, 2.05) is 41.8 Å². The number of rotatable bonds is 4. The lowest BCUT2D eigenvalue weighted by atomic mass is 10.3. The molecule has 0 aliphatic rings. The van der Waals surface area contributed by atoms with Crippen molar-refractivity contribution >= 4 is 15.9 Å². The Hall–Kier alpha value is -1.17. The summed E-state index contributed by atoms with van der Waals surface area (Å²) in [6.45, 7) is 2.84. The Kier molecular flexibility index (Phi) is 3.38. The van der Waals surface area contributed by atoms with Crippen molar-refractivity contribution in [3.63, 3.8) is 0 Å². The minimum Gasteiger partial charge on any atom is -0.338 e. The van der Waals surface area contributed by atoms with Gasteiger partial charge in [-0.2, -0.15) is 0 Å². The van der Waals surface area contributed by atoms with Crippen LogP contribution in [0.25, 0.3) is 0 Å². The Morgan fingerprint density at radius 1 is 1.50 bits per heavy atom. The number of imidazole rings is 1. The van der Waals surface area contributed by atoms with Crippen LogP contribution in [0.5, 0.6) is 0 Å². The first-order valence-corrected chi connectivity index (χ1v) is 6.08. The van der Waals surface area contributed by atoms with E-state index < -0.39 is 0 Å². The van der Waals surface area contributed by atoms with Crippen LogP contribution >= 0.6 is 15.9 Å². The standard InChI is InChI=1S/C10H14BrN5/c1-8(11)9-7-16(14-13-9)5-3-10-12-4-6-15(10)2/h4,6-8H,3,5H2,1-2H3. The molecule has 0 aliphatic heterocycles. The molecule has 86 valence electrons. The topological polar surface area (TPSA) is 48.5 Å². The fourth-order valence-electron chi connectivity index (χ4n) is 1.46. The summed E-state index contributed by atoms with van der Waals surface area (Å²) in [5.41, 5.74) is 0.958. The first-order valence-electron chi connectivity index (χ1n) is 5.17. The Balaban J connectivity index is 1.97. The molecule has 2 heterocycles. The molecule has 0 fully saturated rings. The van der Waals surface area contributed by atoms with Crippen molar-refractivity contribution in [2.75, 3.05) is 0 Å². The fourth-order valence-corrected chi connectivity index (χ4v) is 1.67. The van der Waals surface area contributed by atoms with Gasteiger partial charge < -0.3 is 4.57 Å². The maximum Gasteiger partial charge on any atom is 0.110 e. The number of nitrogens with zero attached hydrogens (tertiary/aromatic N) is 5. The van der Waals surface area contributed by atoms with E-state index in [0.717, 1.165) is 24.5 Å². The molecule has 0 bridgehead atoms. The molecule has 0 aromatic carbocycles. The van der Waals surface area contributed by atoms with Gasteiger partial charge in [0.25, 0.3) is 0 Å². The Morgan fingerprint density at radius 2 is 2.31 bits per heavy atom. The van der Waals surface area contributed by atoms with Gasteiger partial charge in [-0.1, -0.05) is 21.1 Å². The van der Waals surface area contributed by atoms with Gasteiger partial charge in [0.2, 0.25) is 0 Å². The van der Waals surface area contributed by atoms with Crippen LogP contribution in [-0.2, 0) is 20.0 Å². The van der Waals surface area contributed by atoms with Crippen LogP contribution in [-0.4, -0.2) is 24.5 Å². The molecule has 1 atom stereocenters. The van der Waals surface area contributed by atoms with Crippen molar-refractivity contribution < 1.29 is 0 Å². The fraction of sp³-hybridized carbons (Fsp3) is 0.500. The van der Waals surface area contributed by atoms with Crippen LogP contribution < -0.4 is 0 Å². The second-order valence-electron chi connectivity index (χ2n) is 3.73. The highest BCUT2D eigenvalue weighted by Crippen LogP contribution is 2.17. The van der Waals surface area contributed by atoms with E-state index in [2.05, 4.69) is 31.2 Å². The quantitative estimate of drug-likeness (QED) is 0.803. The van der Waals surface area contributed by atoms with Crippen molar-refractivity contribution in [1.82, 2.24) is 24.5 Å². The minimum absolute atomic E-state index is 0.245. The molecule has 0 spiro atoms. The minimum atomic E-state index is 0.245. The zero-order chi connectivity index (χ0) is 11.5. The van der Waals surface area contributed by atoms with Crippen LogP contribution in [0.15, 0.2) is 18.6 Å². The molecule has 0 amide bonds. The third-order valence-corrected chi connectivity index (χ3v) is 2.92. The average Bonchev–Trinajstić information content (AvgIpc) is 2.83. The van der Waals surface area contributed by atoms with Crippen molar-refractivity contribution in [3.8, 4) is 0 Å². The van der Waals surface area contributed by atoms with E-state index >= 15 is 0 Å². The van der Waals surface area contributed by atoms with Gasteiger partial charge in [0.15, 0.2) is 0 Å². The van der Waals surface area contributed by atoms with Crippen LogP contribution in [0.1, 0.15) is 23.3 Å². The molecule has 0 radical (unpaired) electrons. The molecule has 2 rings (SSSR count). The number of aromatic nitrogens is 5. The van der Waals surface area contributed by atoms with Crippen molar-refractivity contribution in [3.05, 3.63) is 30.1 Å². The lowest BCUT2D eigenvalue weighted by Crippen LogP contribution is -2.06. The molecule has 0 N–H and O–H groups in total. The maximum absolute atomic E-state index is 4.26. The van der Waals surface area contributed by atoms with E-state index in [-0.39, 0.29) is 4.83 Å². The van der Waals surface area contributed by atoms with Gasteiger partial charge in [-0.25, -0.2) is 4.98 Å². The van der Waals surface area contributed by atoms with Gasteiger partial charge in [-0.05, 0) is 6.92 Å². The van der Waals surface area contributed by atoms with Crippen LogP contribution in [0, 0.1) is 0 Å². The van der Waals surface area contributed by atoms with E-state index in [4.69, 9.17) is 0 Å². The summed E-state index contributed by atoms with van der Waals surface area (Å²) in [4.78, 5) is 4.51. The number of halogens is 1. The predicted molar refractivity (Wildman–Crippen MR) is 64.3 cm³/mol. The number of alkyl halides is 1. The highest BCUT2D eigenvalue weighted by atomic mass is 79.9. The lowest BCUT2D eigenvalue weighted by Gasteiger charge is -2.01. The van der Waals surface area contributed by atoms with Gasteiger partial charge in [-0.15, -0.1) is 5.10 Å². The van der Waals surface area contributed by atoms with Crippen molar-refractivity contribution in [2.24, 2.45) is 7.05 Å². The Labute approximate surface area is 103 Å². The third-order valence-electron chi connectivity index (χ3n) is 2.45. The van der Waals surface area contributed by atoms with Crippen LogP contribution in [0.3, 0.4) is 0 Å². The summed E-state index contributed by atoms with van der Waals surface area (Å²) in [6.07, 6.45) is 6.58. The van der Waals surface area contributed by atoms with Crippen molar-refractivity contribution in [2.45, 2.75) is 24.7 Å². The van der Waals surface area contributed by atoms with Crippen LogP contribution in [0.4, 0.5) is 0 Å². The molecular weight excluding hydrogens is 270 g/mol. The molecule has 6 heteroatoms. The molecule has 5 nitrogen and oxygen atoms in total. The third kappa shape index (κ3) is 2.49. The average molecular weight is 284 g/mol. The molecule has 1 unspecified atom stereocenters. The van der Waals surface area contributed by atoms with E-state index in [0.29, 0.717) is 0 Å². The largest absolute Gasteiger partial charge is 0.338 e. The smallest absolute Gasteiger partial charge is 0.110 e. The first-order chi connectivity index (χ1) is 7.66. The monoisotopic (exact) mass is 283 g/mol. The Bertz CT molecular complexity index is 459. The summed E-state index contributed by atoms with van der Waals surface area (Å²) in [5, 5.41) is 8.14. The molecule has 16 heavy (non-hydrogen) atoms. The van der Waals surface area contributed by atoms with Gasteiger partial charge in [-0.3, -0.25) is 4.68 Å². The van der Waals surface area contributed by atoms with E-state index in [1.165, 1.54) is 0 Å². The van der Waals surface area contributed by atoms with Gasteiger partial charge in [0.05, 0.1) is 10.5 Å². The second-order valence-corrected chi connectivity index (χ2v) is 5.10. The highest BCUT2D eigenvalue weighted by Gasteiger charge is 2.06. The molecule has 0 saturated carbocycles. The summed E-state index contributed by atoms with van der Waals surface area (Å²) in [6, 6.07) is 0. The van der Waals surface area contributed by atoms with Crippen molar-refractivity contribution in [1.29, 1.82) is 0 Å².